The monoisotopic (exact) mass is 299 g/mol. The molecular weight excluding hydrogens is 282 g/mol. The topological polar surface area (TPSA) is 55.8 Å². The molecule has 1 aliphatic heterocycles. The fourth-order valence-corrected chi connectivity index (χ4v) is 2.41. The van der Waals surface area contributed by atoms with Crippen LogP contribution in [0.2, 0.25) is 0 Å². The molecule has 0 radical (unpaired) electrons. The Bertz CT molecular complexity index is 627. The third-order valence-electron chi connectivity index (χ3n) is 3.58. The summed E-state index contributed by atoms with van der Waals surface area (Å²) in [5.41, 5.74) is 0.735. The maximum Gasteiger partial charge on any atom is 0.330 e. The molecule has 0 saturated carbocycles. The van der Waals surface area contributed by atoms with Gasteiger partial charge in [-0.05, 0) is 24.3 Å². The summed E-state index contributed by atoms with van der Waals surface area (Å²) in [5.74, 6) is 2.38. The van der Waals surface area contributed by atoms with Gasteiger partial charge in [0.1, 0.15) is 5.75 Å². The van der Waals surface area contributed by atoms with E-state index in [0.29, 0.717) is 12.2 Å². The summed E-state index contributed by atoms with van der Waals surface area (Å²) in [4.78, 5) is 25.2. The maximum absolute atomic E-state index is 12.3. The SMILES string of the molecule is C#CC[C@H]1C(=O)N(c2ccc(OC)cc2)[C@H]1/C=C/C(=O)OC. The van der Waals surface area contributed by atoms with Gasteiger partial charge in [0.15, 0.2) is 0 Å². The zero-order chi connectivity index (χ0) is 16.1. The Kier molecular flexibility index (Phi) is 4.84. The summed E-state index contributed by atoms with van der Waals surface area (Å²) >= 11 is 0. The van der Waals surface area contributed by atoms with Gasteiger partial charge in [0, 0.05) is 18.2 Å². The number of rotatable bonds is 5. The summed E-state index contributed by atoms with van der Waals surface area (Å²) in [7, 11) is 2.88. The number of benzene rings is 1. The van der Waals surface area contributed by atoms with Crippen molar-refractivity contribution in [3.63, 3.8) is 0 Å². The van der Waals surface area contributed by atoms with Crippen LogP contribution in [-0.2, 0) is 14.3 Å². The van der Waals surface area contributed by atoms with Gasteiger partial charge in [0.2, 0.25) is 5.91 Å². The van der Waals surface area contributed by atoms with E-state index in [1.165, 1.54) is 13.2 Å². The van der Waals surface area contributed by atoms with Gasteiger partial charge in [-0.1, -0.05) is 6.08 Å². The molecule has 0 aromatic heterocycles. The molecule has 0 spiro atoms. The second-order valence-electron chi connectivity index (χ2n) is 4.79. The number of hydrogen-bond acceptors (Lipinski definition) is 4. The molecule has 1 saturated heterocycles. The molecule has 0 bridgehead atoms. The first-order valence-electron chi connectivity index (χ1n) is 6.79. The molecule has 1 aromatic rings. The van der Waals surface area contributed by atoms with Crippen molar-refractivity contribution in [2.24, 2.45) is 5.92 Å². The summed E-state index contributed by atoms with van der Waals surface area (Å²) in [6.45, 7) is 0. The van der Waals surface area contributed by atoms with Crippen molar-refractivity contribution >= 4 is 17.6 Å². The number of amides is 1. The highest BCUT2D eigenvalue weighted by molar-refractivity contribution is 6.04. The Balaban J connectivity index is 2.23. The highest BCUT2D eigenvalue weighted by Crippen LogP contribution is 2.36. The van der Waals surface area contributed by atoms with Crippen LogP contribution in [0.15, 0.2) is 36.4 Å². The van der Waals surface area contributed by atoms with E-state index in [-0.39, 0.29) is 17.9 Å². The van der Waals surface area contributed by atoms with Crippen molar-refractivity contribution in [1.82, 2.24) is 0 Å². The Morgan fingerprint density at radius 2 is 2.05 bits per heavy atom. The van der Waals surface area contributed by atoms with Crippen LogP contribution < -0.4 is 9.64 Å². The molecule has 2 rings (SSSR count). The number of nitrogens with zero attached hydrogens (tertiary/aromatic N) is 1. The normalized spacial score (nSPS) is 20.4. The smallest absolute Gasteiger partial charge is 0.330 e. The summed E-state index contributed by atoms with van der Waals surface area (Å²) in [6.07, 6.45) is 8.62. The third-order valence-corrected chi connectivity index (χ3v) is 3.58. The predicted molar refractivity (Wildman–Crippen MR) is 82.4 cm³/mol. The number of β-lactam (4-membered cyclic amide) rings is 1. The van der Waals surface area contributed by atoms with Crippen LogP contribution in [0.5, 0.6) is 5.75 Å². The Morgan fingerprint density at radius 3 is 2.59 bits per heavy atom. The van der Waals surface area contributed by atoms with E-state index in [2.05, 4.69) is 10.7 Å². The average Bonchev–Trinajstić information content (AvgIpc) is 2.56. The Labute approximate surface area is 129 Å². The standard InChI is InChI=1S/C17H17NO4/c1-4-5-14-15(10-11-16(19)22-3)18(17(14)20)12-6-8-13(21-2)9-7-12/h1,6-11,14-15H,5H2,2-3H3/b11-10+/t14-,15+/m1/s1. The first-order valence-corrected chi connectivity index (χ1v) is 6.79. The van der Waals surface area contributed by atoms with Gasteiger partial charge in [-0.15, -0.1) is 12.3 Å². The minimum absolute atomic E-state index is 0.0531. The summed E-state index contributed by atoms with van der Waals surface area (Å²) in [5, 5.41) is 0. The van der Waals surface area contributed by atoms with Crippen LogP contribution >= 0.6 is 0 Å². The number of terminal acetylenes is 1. The second-order valence-corrected chi connectivity index (χ2v) is 4.79. The zero-order valence-electron chi connectivity index (χ0n) is 12.5. The van der Waals surface area contributed by atoms with Crippen molar-refractivity contribution in [2.75, 3.05) is 19.1 Å². The lowest BCUT2D eigenvalue weighted by Crippen LogP contribution is -2.60. The lowest BCUT2D eigenvalue weighted by molar-refractivity contribution is -0.135. The minimum Gasteiger partial charge on any atom is -0.497 e. The lowest BCUT2D eigenvalue weighted by Gasteiger charge is -2.45. The second kappa shape index (κ2) is 6.81. The number of carbonyl (C=O) groups excluding carboxylic acids is 2. The van der Waals surface area contributed by atoms with E-state index in [9.17, 15) is 9.59 Å². The molecule has 1 amide bonds. The molecule has 0 N–H and O–H groups in total. The maximum atomic E-state index is 12.3. The van der Waals surface area contributed by atoms with Crippen molar-refractivity contribution in [3.05, 3.63) is 36.4 Å². The first kappa shape index (κ1) is 15.6. The van der Waals surface area contributed by atoms with Gasteiger partial charge in [0.05, 0.1) is 26.2 Å². The molecule has 5 heteroatoms. The molecular formula is C17H17NO4. The molecule has 0 unspecified atom stereocenters. The van der Waals surface area contributed by atoms with Gasteiger partial charge < -0.3 is 14.4 Å². The molecule has 1 aliphatic rings. The van der Waals surface area contributed by atoms with Crippen molar-refractivity contribution in [1.29, 1.82) is 0 Å². The molecule has 1 heterocycles. The third kappa shape index (κ3) is 2.96. The molecule has 5 nitrogen and oxygen atoms in total. The average molecular weight is 299 g/mol. The van der Waals surface area contributed by atoms with Gasteiger partial charge in [0.25, 0.3) is 0 Å². The quantitative estimate of drug-likeness (QED) is 0.360. The van der Waals surface area contributed by atoms with Gasteiger partial charge in [-0.3, -0.25) is 4.79 Å². The predicted octanol–water partition coefficient (Wildman–Crippen LogP) is 1.78. The van der Waals surface area contributed by atoms with Crippen LogP contribution in [0, 0.1) is 18.3 Å². The van der Waals surface area contributed by atoms with Gasteiger partial charge >= 0.3 is 5.97 Å². The van der Waals surface area contributed by atoms with Gasteiger partial charge in [-0.2, -0.15) is 0 Å². The number of esters is 1. The minimum atomic E-state index is -0.464. The Morgan fingerprint density at radius 1 is 1.36 bits per heavy atom. The first-order chi connectivity index (χ1) is 10.6. The zero-order valence-corrected chi connectivity index (χ0v) is 12.5. The van der Waals surface area contributed by atoms with E-state index in [1.54, 1.807) is 42.4 Å². The summed E-state index contributed by atoms with van der Waals surface area (Å²) in [6, 6.07) is 6.89. The number of hydrogen-bond donors (Lipinski definition) is 0. The highest BCUT2D eigenvalue weighted by atomic mass is 16.5. The van der Waals surface area contributed by atoms with Crippen molar-refractivity contribution in [2.45, 2.75) is 12.5 Å². The van der Waals surface area contributed by atoms with E-state index >= 15 is 0 Å². The van der Waals surface area contributed by atoms with Crippen LogP contribution in [0.4, 0.5) is 5.69 Å². The lowest BCUT2D eigenvalue weighted by atomic mass is 9.84. The molecule has 1 fully saturated rings. The van der Waals surface area contributed by atoms with E-state index in [0.717, 1.165) is 5.69 Å². The van der Waals surface area contributed by atoms with Crippen LogP contribution in [0.3, 0.4) is 0 Å². The van der Waals surface area contributed by atoms with Crippen molar-refractivity contribution in [3.8, 4) is 18.1 Å². The number of methoxy groups -OCH3 is 2. The van der Waals surface area contributed by atoms with E-state index in [1.807, 2.05) is 0 Å². The number of carbonyl (C=O) groups is 2. The fourth-order valence-electron chi connectivity index (χ4n) is 2.41. The summed E-state index contributed by atoms with van der Waals surface area (Å²) < 4.78 is 9.68. The van der Waals surface area contributed by atoms with Crippen LogP contribution in [0.1, 0.15) is 6.42 Å². The van der Waals surface area contributed by atoms with E-state index < -0.39 is 5.97 Å². The largest absolute Gasteiger partial charge is 0.497 e. The van der Waals surface area contributed by atoms with Gasteiger partial charge in [-0.25, -0.2) is 4.79 Å². The Hall–Kier alpha value is -2.74. The van der Waals surface area contributed by atoms with Crippen LogP contribution in [0.25, 0.3) is 0 Å². The molecule has 0 aliphatic carbocycles. The highest BCUT2D eigenvalue weighted by Gasteiger charge is 2.46. The molecule has 2 atom stereocenters. The molecule has 1 aromatic carbocycles. The van der Waals surface area contributed by atoms with Crippen LogP contribution in [-0.4, -0.2) is 32.1 Å². The van der Waals surface area contributed by atoms with E-state index in [4.69, 9.17) is 11.2 Å². The fraction of sp³-hybridized carbons (Fsp3) is 0.294. The van der Waals surface area contributed by atoms with Crippen molar-refractivity contribution < 1.29 is 19.1 Å². The number of anilines is 1. The number of ether oxygens (including phenoxy) is 2. The molecule has 114 valence electrons. The molecule has 22 heavy (non-hydrogen) atoms.